The number of amides is 1. The van der Waals surface area contributed by atoms with Crippen molar-refractivity contribution in [2.24, 2.45) is 0 Å². The van der Waals surface area contributed by atoms with E-state index in [2.05, 4.69) is 31.0 Å². The van der Waals surface area contributed by atoms with E-state index in [1.54, 1.807) is 17.3 Å². The summed E-state index contributed by atoms with van der Waals surface area (Å²) in [5, 5.41) is 13.7. The SMILES string of the molecule is Nc1ncc(Br)nc1Oc1cnn([C@@H]2C[C@H]3CC[C@@H](C2)N3C(=O)O)c1. The van der Waals surface area contributed by atoms with Crippen molar-refractivity contribution in [1.82, 2.24) is 24.6 Å². The van der Waals surface area contributed by atoms with Crippen LogP contribution in [0.15, 0.2) is 23.2 Å². The second-order valence-electron chi connectivity index (χ2n) is 6.34. The molecule has 3 atom stereocenters. The molecule has 25 heavy (non-hydrogen) atoms. The summed E-state index contributed by atoms with van der Waals surface area (Å²) in [5.41, 5.74) is 5.77. The maximum Gasteiger partial charge on any atom is 0.407 e. The Kier molecular flexibility index (Phi) is 3.98. The first-order chi connectivity index (χ1) is 12.0. The number of rotatable bonds is 3. The molecule has 10 heteroatoms. The zero-order chi connectivity index (χ0) is 17.6. The van der Waals surface area contributed by atoms with Crippen LogP contribution >= 0.6 is 15.9 Å². The molecule has 2 bridgehead atoms. The van der Waals surface area contributed by atoms with Crippen molar-refractivity contribution in [2.75, 3.05) is 5.73 Å². The number of hydrogen-bond acceptors (Lipinski definition) is 6. The van der Waals surface area contributed by atoms with Crippen molar-refractivity contribution in [3.05, 3.63) is 23.2 Å². The zero-order valence-electron chi connectivity index (χ0n) is 13.2. The Morgan fingerprint density at radius 3 is 2.68 bits per heavy atom. The number of fused-ring (bicyclic) bond motifs is 2. The normalized spacial score (nSPS) is 25.2. The molecular formula is C15H17BrN6O3. The molecule has 0 aliphatic carbocycles. The van der Waals surface area contributed by atoms with Crippen LogP contribution < -0.4 is 10.5 Å². The summed E-state index contributed by atoms with van der Waals surface area (Å²) in [6.07, 6.45) is 7.45. The molecule has 0 radical (unpaired) electrons. The molecule has 1 amide bonds. The van der Waals surface area contributed by atoms with E-state index in [1.165, 1.54) is 6.20 Å². The van der Waals surface area contributed by atoms with Crippen LogP contribution in [0.1, 0.15) is 31.7 Å². The summed E-state index contributed by atoms with van der Waals surface area (Å²) < 4.78 is 8.05. The number of hydrogen-bond donors (Lipinski definition) is 2. The van der Waals surface area contributed by atoms with E-state index in [0.29, 0.717) is 10.4 Å². The fraction of sp³-hybridized carbons (Fsp3) is 0.467. The minimum Gasteiger partial charge on any atom is -0.465 e. The third-order valence-corrected chi connectivity index (χ3v) is 5.22. The molecule has 132 valence electrons. The van der Waals surface area contributed by atoms with Gasteiger partial charge in [0.25, 0.3) is 5.88 Å². The van der Waals surface area contributed by atoms with Gasteiger partial charge in [-0.1, -0.05) is 0 Å². The summed E-state index contributed by atoms with van der Waals surface area (Å²) in [6.45, 7) is 0. The molecule has 4 heterocycles. The number of anilines is 1. The topological polar surface area (TPSA) is 119 Å². The largest absolute Gasteiger partial charge is 0.465 e. The molecule has 0 unspecified atom stereocenters. The van der Waals surface area contributed by atoms with Crippen LogP contribution in [0, 0.1) is 0 Å². The van der Waals surface area contributed by atoms with Crippen molar-refractivity contribution in [3.8, 4) is 11.6 Å². The molecule has 3 N–H and O–H groups in total. The van der Waals surface area contributed by atoms with Gasteiger partial charge in [-0.2, -0.15) is 5.10 Å². The molecule has 2 aromatic rings. The molecule has 2 aromatic heterocycles. The van der Waals surface area contributed by atoms with Gasteiger partial charge >= 0.3 is 6.09 Å². The van der Waals surface area contributed by atoms with Crippen LogP contribution in [0.2, 0.25) is 0 Å². The van der Waals surface area contributed by atoms with Crippen molar-refractivity contribution in [2.45, 2.75) is 43.8 Å². The van der Waals surface area contributed by atoms with Crippen molar-refractivity contribution in [1.29, 1.82) is 0 Å². The van der Waals surface area contributed by atoms with E-state index >= 15 is 0 Å². The second kappa shape index (κ2) is 6.17. The first-order valence-corrected chi connectivity index (χ1v) is 8.82. The number of piperidine rings is 1. The van der Waals surface area contributed by atoms with Crippen LogP contribution in [0.3, 0.4) is 0 Å². The van der Waals surface area contributed by atoms with Crippen LogP contribution in [0.4, 0.5) is 10.6 Å². The molecule has 0 aromatic carbocycles. The predicted octanol–water partition coefficient (Wildman–Crippen LogP) is 2.66. The van der Waals surface area contributed by atoms with Gasteiger partial charge in [0.05, 0.1) is 24.6 Å². The molecule has 4 rings (SSSR count). The van der Waals surface area contributed by atoms with E-state index < -0.39 is 6.09 Å². The minimum atomic E-state index is -0.820. The van der Waals surface area contributed by atoms with Gasteiger partial charge in [0, 0.05) is 12.1 Å². The third kappa shape index (κ3) is 3.01. The van der Waals surface area contributed by atoms with Crippen molar-refractivity contribution < 1.29 is 14.6 Å². The number of ether oxygens (including phenoxy) is 1. The predicted molar refractivity (Wildman–Crippen MR) is 91.4 cm³/mol. The summed E-state index contributed by atoms with van der Waals surface area (Å²) >= 11 is 3.23. The number of halogens is 1. The van der Waals surface area contributed by atoms with Crippen LogP contribution in [-0.4, -0.2) is 47.9 Å². The molecule has 2 fully saturated rings. The minimum absolute atomic E-state index is 0.0707. The van der Waals surface area contributed by atoms with Gasteiger partial charge in [-0.15, -0.1) is 0 Å². The number of carboxylic acid groups (broad SMARTS) is 1. The highest BCUT2D eigenvalue weighted by Gasteiger charge is 2.44. The highest BCUT2D eigenvalue weighted by Crippen LogP contribution is 2.41. The number of nitrogens with zero attached hydrogens (tertiary/aromatic N) is 5. The highest BCUT2D eigenvalue weighted by molar-refractivity contribution is 9.10. The van der Waals surface area contributed by atoms with Gasteiger partial charge < -0.3 is 20.5 Å². The number of aromatic nitrogens is 4. The smallest absolute Gasteiger partial charge is 0.407 e. The van der Waals surface area contributed by atoms with Crippen molar-refractivity contribution in [3.63, 3.8) is 0 Å². The maximum atomic E-state index is 11.4. The van der Waals surface area contributed by atoms with Gasteiger partial charge in [0.2, 0.25) is 0 Å². The number of carbonyl (C=O) groups is 1. The molecular weight excluding hydrogens is 392 g/mol. The Balaban J connectivity index is 1.49. The van der Waals surface area contributed by atoms with Gasteiger partial charge in [-0.25, -0.2) is 14.8 Å². The molecule has 9 nitrogen and oxygen atoms in total. The number of nitrogen functional groups attached to an aromatic ring is 1. The average Bonchev–Trinajstić information content (AvgIpc) is 3.14. The lowest BCUT2D eigenvalue weighted by Gasteiger charge is -2.37. The summed E-state index contributed by atoms with van der Waals surface area (Å²) in [4.78, 5) is 21.1. The Hall–Kier alpha value is -2.36. The first kappa shape index (κ1) is 16.1. The molecule has 2 saturated heterocycles. The molecule has 0 spiro atoms. The van der Waals surface area contributed by atoms with Crippen LogP contribution in [-0.2, 0) is 0 Å². The van der Waals surface area contributed by atoms with E-state index in [9.17, 15) is 9.90 Å². The quantitative estimate of drug-likeness (QED) is 0.800. The van der Waals surface area contributed by atoms with Gasteiger partial charge in [0.15, 0.2) is 11.6 Å². The Bertz CT molecular complexity index is 798. The monoisotopic (exact) mass is 408 g/mol. The van der Waals surface area contributed by atoms with Gasteiger partial charge in [0.1, 0.15) is 4.60 Å². The third-order valence-electron chi connectivity index (χ3n) is 4.83. The Morgan fingerprint density at radius 2 is 2.00 bits per heavy atom. The lowest BCUT2D eigenvalue weighted by atomic mass is 9.98. The second-order valence-corrected chi connectivity index (χ2v) is 7.15. The average molecular weight is 409 g/mol. The Labute approximate surface area is 151 Å². The number of nitrogens with two attached hydrogens (primary N) is 1. The summed E-state index contributed by atoms with van der Waals surface area (Å²) in [7, 11) is 0. The van der Waals surface area contributed by atoms with Crippen LogP contribution in [0.5, 0.6) is 11.6 Å². The van der Waals surface area contributed by atoms with E-state index in [4.69, 9.17) is 10.5 Å². The van der Waals surface area contributed by atoms with E-state index in [0.717, 1.165) is 25.7 Å². The van der Waals surface area contributed by atoms with E-state index in [1.807, 2.05) is 4.68 Å². The fourth-order valence-corrected chi connectivity index (χ4v) is 4.06. The standard InChI is InChI=1S/C15H17BrN6O3/c16-12-6-18-13(17)14(20-12)25-11-5-19-21(7-11)10-3-8-1-2-9(4-10)22(8)15(23)24/h5-10H,1-4H2,(H2,17,18)(H,23,24)/t8-,9+,10-. The summed E-state index contributed by atoms with van der Waals surface area (Å²) in [5.74, 6) is 0.936. The molecule has 2 aliphatic rings. The lowest BCUT2D eigenvalue weighted by molar-refractivity contribution is 0.0845. The molecule has 2 aliphatic heterocycles. The van der Waals surface area contributed by atoms with Crippen molar-refractivity contribution >= 4 is 27.8 Å². The zero-order valence-corrected chi connectivity index (χ0v) is 14.8. The van der Waals surface area contributed by atoms with Crippen LogP contribution in [0.25, 0.3) is 0 Å². The fourth-order valence-electron chi connectivity index (χ4n) is 3.80. The maximum absolute atomic E-state index is 11.4. The lowest BCUT2D eigenvalue weighted by Crippen LogP contribution is -2.46. The summed E-state index contributed by atoms with van der Waals surface area (Å²) in [6, 6.07) is 0.305. The first-order valence-electron chi connectivity index (χ1n) is 8.02. The van der Waals surface area contributed by atoms with Gasteiger partial charge in [-0.3, -0.25) is 4.68 Å². The highest BCUT2D eigenvalue weighted by atomic mass is 79.9. The molecule has 0 saturated carbocycles. The van der Waals surface area contributed by atoms with Gasteiger partial charge in [-0.05, 0) is 41.6 Å². The van der Waals surface area contributed by atoms with E-state index in [-0.39, 0.29) is 29.8 Å². The Morgan fingerprint density at radius 1 is 1.28 bits per heavy atom.